The highest BCUT2D eigenvalue weighted by molar-refractivity contribution is 7.15. The molecule has 17 heavy (non-hydrogen) atoms. The first-order chi connectivity index (χ1) is 8.33. The second-order valence-electron chi connectivity index (χ2n) is 3.46. The molecule has 0 unspecified atom stereocenters. The molecule has 2 aromatic rings. The summed E-state index contributed by atoms with van der Waals surface area (Å²) >= 11 is 1.30. The lowest BCUT2D eigenvalue weighted by atomic mass is 10.1. The van der Waals surface area contributed by atoms with E-state index in [0.717, 1.165) is 17.6 Å². The van der Waals surface area contributed by atoms with Crippen LogP contribution in [0.15, 0.2) is 36.4 Å². The fraction of sp³-hybridized carbons (Fsp3) is 0.154. The first-order valence-corrected chi connectivity index (χ1v) is 6.07. The number of hydrogen-bond acceptors (Lipinski definition) is 4. The summed E-state index contributed by atoms with van der Waals surface area (Å²) in [6.07, 6.45) is 1.36. The number of carbonyl (C=O) groups is 1. The molecule has 88 valence electrons. The van der Waals surface area contributed by atoms with Gasteiger partial charge < -0.3 is 9.84 Å². The van der Waals surface area contributed by atoms with Crippen molar-refractivity contribution in [2.75, 3.05) is 6.61 Å². The number of thiophene rings is 1. The highest BCUT2D eigenvalue weighted by atomic mass is 32.1. The summed E-state index contributed by atoms with van der Waals surface area (Å²) in [6, 6.07) is 11.0. The molecule has 0 saturated heterocycles. The zero-order valence-electron chi connectivity index (χ0n) is 9.13. The van der Waals surface area contributed by atoms with Gasteiger partial charge in [-0.1, -0.05) is 29.5 Å². The zero-order chi connectivity index (χ0) is 12.1. The van der Waals surface area contributed by atoms with Gasteiger partial charge in [0.05, 0.1) is 4.88 Å². The minimum Gasteiger partial charge on any atom is -0.446 e. The predicted molar refractivity (Wildman–Crippen MR) is 67.0 cm³/mol. The SMILES string of the molecule is O=Cc1ccc(Oc2ccccc2CCO)s1. The standard InChI is InChI=1S/C13H12O3S/c14-8-7-10-3-1-2-4-12(10)16-13-6-5-11(9-15)17-13/h1-6,9,14H,7-8H2. The molecule has 2 rings (SSSR count). The third-order valence-corrected chi connectivity index (χ3v) is 3.17. The summed E-state index contributed by atoms with van der Waals surface area (Å²) in [5, 5.41) is 9.63. The van der Waals surface area contributed by atoms with E-state index in [1.807, 2.05) is 24.3 Å². The number of aliphatic hydroxyl groups excluding tert-OH is 1. The summed E-state index contributed by atoms with van der Waals surface area (Å²) in [7, 11) is 0. The van der Waals surface area contributed by atoms with Crippen molar-refractivity contribution in [2.45, 2.75) is 6.42 Å². The van der Waals surface area contributed by atoms with Gasteiger partial charge in [-0.15, -0.1) is 0 Å². The van der Waals surface area contributed by atoms with Crippen LogP contribution in [0.4, 0.5) is 0 Å². The van der Waals surface area contributed by atoms with Crippen molar-refractivity contribution in [2.24, 2.45) is 0 Å². The Labute approximate surface area is 103 Å². The summed E-state index contributed by atoms with van der Waals surface area (Å²) in [4.78, 5) is 11.2. The Hall–Kier alpha value is -1.65. The van der Waals surface area contributed by atoms with Crippen molar-refractivity contribution in [3.8, 4) is 10.8 Å². The van der Waals surface area contributed by atoms with E-state index in [0.29, 0.717) is 16.4 Å². The Kier molecular flexibility index (Phi) is 3.90. The molecule has 0 spiro atoms. The molecule has 1 aromatic carbocycles. The van der Waals surface area contributed by atoms with Gasteiger partial charge in [0.2, 0.25) is 0 Å². The third-order valence-electron chi connectivity index (χ3n) is 2.28. The zero-order valence-corrected chi connectivity index (χ0v) is 9.94. The molecule has 0 radical (unpaired) electrons. The molecular formula is C13H12O3S. The Morgan fingerprint density at radius 1 is 1.24 bits per heavy atom. The Morgan fingerprint density at radius 3 is 2.76 bits per heavy atom. The maximum Gasteiger partial charge on any atom is 0.181 e. The van der Waals surface area contributed by atoms with E-state index in [9.17, 15) is 4.79 Å². The first kappa shape index (κ1) is 11.8. The first-order valence-electron chi connectivity index (χ1n) is 5.25. The Morgan fingerprint density at radius 2 is 2.06 bits per heavy atom. The van der Waals surface area contributed by atoms with Crippen LogP contribution in [-0.2, 0) is 6.42 Å². The quantitative estimate of drug-likeness (QED) is 0.827. The number of aldehydes is 1. The number of hydrogen-bond donors (Lipinski definition) is 1. The maximum absolute atomic E-state index is 10.6. The van der Waals surface area contributed by atoms with Gasteiger partial charge in [-0.25, -0.2) is 0 Å². The van der Waals surface area contributed by atoms with Crippen molar-refractivity contribution in [1.82, 2.24) is 0 Å². The van der Waals surface area contributed by atoms with Gasteiger partial charge in [0.25, 0.3) is 0 Å². The third kappa shape index (κ3) is 2.93. The van der Waals surface area contributed by atoms with Crippen molar-refractivity contribution in [1.29, 1.82) is 0 Å². The largest absolute Gasteiger partial charge is 0.446 e. The Bertz CT molecular complexity index is 505. The second kappa shape index (κ2) is 5.61. The van der Waals surface area contributed by atoms with Gasteiger partial charge in [0.15, 0.2) is 11.3 Å². The van der Waals surface area contributed by atoms with Crippen LogP contribution in [0.25, 0.3) is 0 Å². The molecule has 0 atom stereocenters. The van der Waals surface area contributed by atoms with Crippen LogP contribution in [0.2, 0.25) is 0 Å². The molecule has 1 aromatic heterocycles. The fourth-order valence-corrected chi connectivity index (χ4v) is 2.18. The number of carbonyl (C=O) groups excluding carboxylic acids is 1. The van der Waals surface area contributed by atoms with E-state index in [1.54, 1.807) is 12.1 Å². The van der Waals surface area contributed by atoms with Crippen molar-refractivity contribution in [3.05, 3.63) is 46.8 Å². The molecule has 0 aliphatic rings. The number of ether oxygens (including phenoxy) is 1. The van der Waals surface area contributed by atoms with Crippen LogP contribution >= 0.6 is 11.3 Å². The van der Waals surface area contributed by atoms with Gasteiger partial charge in [0.1, 0.15) is 5.75 Å². The molecule has 4 heteroatoms. The molecule has 0 aliphatic carbocycles. The summed E-state index contributed by atoms with van der Waals surface area (Å²) in [6.45, 7) is 0.0877. The number of para-hydroxylation sites is 1. The maximum atomic E-state index is 10.6. The molecule has 0 amide bonds. The highest BCUT2D eigenvalue weighted by Crippen LogP contribution is 2.30. The normalized spacial score (nSPS) is 10.2. The average Bonchev–Trinajstić information content (AvgIpc) is 2.80. The molecule has 0 saturated carbocycles. The van der Waals surface area contributed by atoms with Crippen LogP contribution in [0, 0.1) is 0 Å². The van der Waals surface area contributed by atoms with Crippen LogP contribution in [0.3, 0.4) is 0 Å². The topological polar surface area (TPSA) is 46.5 Å². The average molecular weight is 248 g/mol. The monoisotopic (exact) mass is 248 g/mol. The molecule has 3 nitrogen and oxygen atoms in total. The van der Waals surface area contributed by atoms with Gasteiger partial charge in [-0.2, -0.15) is 0 Å². The molecule has 1 heterocycles. The minimum absolute atomic E-state index is 0.0877. The fourth-order valence-electron chi connectivity index (χ4n) is 1.49. The lowest BCUT2D eigenvalue weighted by molar-refractivity contribution is 0.112. The second-order valence-corrected chi connectivity index (χ2v) is 4.54. The van der Waals surface area contributed by atoms with E-state index in [-0.39, 0.29) is 6.61 Å². The lowest BCUT2D eigenvalue weighted by Crippen LogP contribution is -1.94. The molecule has 0 aliphatic heterocycles. The lowest BCUT2D eigenvalue weighted by Gasteiger charge is -2.08. The summed E-state index contributed by atoms with van der Waals surface area (Å²) < 4.78 is 5.69. The van der Waals surface area contributed by atoms with Crippen LogP contribution in [0.1, 0.15) is 15.2 Å². The van der Waals surface area contributed by atoms with Gasteiger partial charge >= 0.3 is 0 Å². The number of aliphatic hydroxyl groups is 1. The van der Waals surface area contributed by atoms with E-state index < -0.39 is 0 Å². The van der Waals surface area contributed by atoms with E-state index in [4.69, 9.17) is 9.84 Å². The number of benzene rings is 1. The van der Waals surface area contributed by atoms with E-state index in [2.05, 4.69) is 0 Å². The number of rotatable bonds is 5. The molecule has 0 bridgehead atoms. The van der Waals surface area contributed by atoms with Gasteiger partial charge in [-0.3, -0.25) is 4.79 Å². The van der Waals surface area contributed by atoms with E-state index >= 15 is 0 Å². The van der Waals surface area contributed by atoms with Crippen molar-refractivity contribution >= 4 is 17.6 Å². The van der Waals surface area contributed by atoms with Crippen LogP contribution < -0.4 is 4.74 Å². The minimum atomic E-state index is 0.0877. The summed E-state index contributed by atoms with van der Waals surface area (Å²) in [5.74, 6) is 0.723. The van der Waals surface area contributed by atoms with Crippen LogP contribution in [-0.4, -0.2) is 18.0 Å². The molecular weight excluding hydrogens is 236 g/mol. The summed E-state index contributed by atoms with van der Waals surface area (Å²) in [5.41, 5.74) is 0.955. The van der Waals surface area contributed by atoms with Crippen molar-refractivity contribution in [3.63, 3.8) is 0 Å². The Balaban J connectivity index is 2.19. The molecule has 0 fully saturated rings. The predicted octanol–water partition coefficient (Wildman–Crippen LogP) is 2.89. The van der Waals surface area contributed by atoms with E-state index in [1.165, 1.54) is 11.3 Å². The van der Waals surface area contributed by atoms with Crippen LogP contribution in [0.5, 0.6) is 10.8 Å². The van der Waals surface area contributed by atoms with Crippen molar-refractivity contribution < 1.29 is 14.6 Å². The highest BCUT2D eigenvalue weighted by Gasteiger charge is 2.06. The van der Waals surface area contributed by atoms with Gasteiger partial charge in [-0.05, 0) is 30.2 Å². The van der Waals surface area contributed by atoms with Gasteiger partial charge in [0, 0.05) is 6.61 Å². The molecule has 1 N–H and O–H groups in total. The smallest absolute Gasteiger partial charge is 0.181 e.